The van der Waals surface area contributed by atoms with E-state index in [-0.39, 0.29) is 0 Å². The Kier molecular flexibility index (Phi) is 1.11. The standard InChI is InChI=1S/C9H6N2/c10-4-8-6-1-2-7(3-6)9(8)5-11/h1-3H2. The molecule has 0 aromatic rings. The fourth-order valence-corrected chi connectivity index (χ4v) is 1.79. The first-order valence-corrected chi connectivity index (χ1v) is 3.61. The monoisotopic (exact) mass is 142 g/mol. The van der Waals surface area contributed by atoms with Gasteiger partial charge in [-0.1, -0.05) is 0 Å². The van der Waals surface area contributed by atoms with Gasteiger partial charge in [0.15, 0.2) is 0 Å². The lowest BCUT2D eigenvalue weighted by Gasteiger charge is -2.00. The summed E-state index contributed by atoms with van der Waals surface area (Å²) in [6, 6.07) is 4.19. The van der Waals surface area contributed by atoms with Crippen molar-refractivity contribution in [2.45, 2.75) is 19.3 Å². The van der Waals surface area contributed by atoms with Crippen LogP contribution in [-0.2, 0) is 0 Å². The van der Waals surface area contributed by atoms with Gasteiger partial charge in [-0.05, 0) is 30.4 Å². The maximum atomic E-state index is 8.70. The Balaban J connectivity index is 2.57. The largest absolute Gasteiger partial charge is 0.192 e. The van der Waals surface area contributed by atoms with Gasteiger partial charge < -0.3 is 0 Å². The average molecular weight is 142 g/mol. The zero-order valence-electron chi connectivity index (χ0n) is 6.02. The van der Waals surface area contributed by atoms with E-state index in [0.29, 0.717) is 11.1 Å². The van der Waals surface area contributed by atoms with Crippen LogP contribution in [0, 0.1) is 22.7 Å². The number of nitrogens with zero attached hydrogens (tertiary/aromatic N) is 2. The SMILES string of the molecule is N#CC1=C2CCC(=C1C#N)C2. The molecule has 0 radical (unpaired) electrons. The van der Waals surface area contributed by atoms with Crippen molar-refractivity contribution in [2.75, 3.05) is 0 Å². The van der Waals surface area contributed by atoms with Crippen LogP contribution in [0.1, 0.15) is 19.3 Å². The lowest BCUT2D eigenvalue weighted by atomic mass is 10.0. The number of hydrogen-bond donors (Lipinski definition) is 0. The van der Waals surface area contributed by atoms with Crippen molar-refractivity contribution >= 4 is 0 Å². The summed E-state index contributed by atoms with van der Waals surface area (Å²) >= 11 is 0. The second kappa shape index (κ2) is 1.97. The molecular weight excluding hydrogens is 136 g/mol. The summed E-state index contributed by atoms with van der Waals surface area (Å²) < 4.78 is 0. The minimum atomic E-state index is 0.661. The molecular formula is C9H6N2. The Morgan fingerprint density at radius 1 is 0.909 bits per heavy atom. The Hall–Kier alpha value is -1.54. The van der Waals surface area contributed by atoms with Gasteiger partial charge in [-0.3, -0.25) is 0 Å². The quantitative estimate of drug-likeness (QED) is 0.518. The zero-order valence-corrected chi connectivity index (χ0v) is 6.02. The van der Waals surface area contributed by atoms with E-state index in [1.165, 1.54) is 11.1 Å². The topological polar surface area (TPSA) is 47.6 Å². The lowest BCUT2D eigenvalue weighted by molar-refractivity contribution is 1.01. The summed E-state index contributed by atoms with van der Waals surface area (Å²) in [6.07, 6.45) is 2.90. The zero-order chi connectivity index (χ0) is 7.84. The van der Waals surface area contributed by atoms with Crippen molar-refractivity contribution in [3.8, 4) is 12.1 Å². The minimum absolute atomic E-state index is 0.661. The number of nitriles is 2. The molecule has 1 fully saturated rings. The van der Waals surface area contributed by atoms with E-state index in [1.807, 2.05) is 0 Å². The molecule has 0 N–H and O–H groups in total. The van der Waals surface area contributed by atoms with Gasteiger partial charge in [-0.15, -0.1) is 0 Å². The summed E-state index contributed by atoms with van der Waals surface area (Å²) in [5, 5.41) is 17.4. The van der Waals surface area contributed by atoms with Gasteiger partial charge in [0.2, 0.25) is 0 Å². The van der Waals surface area contributed by atoms with Crippen molar-refractivity contribution in [3.63, 3.8) is 0 Å². The predicted molar refractivity (Wildman–Crippen MR) is 39.1 cm³/mol. The van der Waals surface area contributed by atoms with Crippen LogP contribution in [0.2, 0.25) is 0 Å². The summed E-state index contributed by atoms with van der Waals surface area (Å²) in [5.74, 6) is 0. The Morgan fingerprint density at radius 2 is 1.36 bits per heavy atom. The highest BCUT2D eigenvalue weighted by molar-refractivity contribution is 5.63. The highest BCUT2D eigenvalue weighted by atomic mass is 14.4. The molecule has 2 rings (SSSR count). The van der Waals surface area contributed by atoms with Gasteiger partial charge in [-0.25, -0.2) is 0 Å². The Bertz CT molecular complexity index is 322. The molecule has 0 aliphatic heterocycles. The van der Waals surface area contributed by atoms with Crippen LogP contribution in [0.25, 0.3) is 0 Å². The molecule has 52 valence electrons. The molecule has 0 atom stereocenters. The highest BCUT2D eigenvalue weighted by Crippen LogP contribution is 2.43. The van der Waals surface area contributed by atoms with Gasteiger partial charge in [0.05, 0.1) is 11.1 Å². The molecule has 11 heavy (non-hydrogen) atoms. The van der Waals surface area contributed by atoms with Crippen LogP contribution in [0.3, 0.4) is 0 Å². The molecule has 0 saturated heterocycles. The maximum Gasteiger partial charge on any atom is 0.100 e. The predicted octanol–water partition coefficient (Wildman–Crippen LogP) is 1.82. The Labute approximate surface area is 65.1 Å². The summed E-state index contributed by atoms with van der Waals surface area (Å²) in [5.41, 5.74) is 3.68. The molecule has 0 aromatic carbocycles. The van der Waals surface area contributed by atoms with Crippen LogP contribution in [0.15, 0.2) is 22.3 Å². The summed E-state index contributed by atoms with van der Waals surface area (Å²) in [7, 11) is 0. The number of hydrogen-bond acceptors (Lipinski definition) is 2. The molecule has 2 aliphatic rings. The molecule has 2 bridgehead atoms. The van der Waals surface area contributed by atoms with Crippen LogP contribution in [0.4, 0.5) is 0 Å². The van der Waals surface area contributed by atoms with Crippen LogP contribution in [-0.4, -0.2) is 0 Å². The van der Waals surface area contributed by atoms with Crippen molar-refractivity contribution in [1.29, 1.82) is 10.5 Å². The molecule has 1 saturated carbocycles. The van der Waals surface area contributed by atoms with E-state index in [4.69, 9.17) is 10.5 Å². The van der Waals surface area contributed by atoms with Crippen LogP contribution < -0.4 is 0 Å². The van der Waals surface area contributed by atoms with E-state index in [1.54, 1.807) is 0 Å². The smallest absolute Gasteiger partial charge is 0.100 e. The van der Waals surface area contributed by atoms with Crippen LogP contribution in [0.5, 0.6) is 0 Å². The number of allylic oxidation sites excluding steroid dienone is 4. The van der Waals surface area contributed by atoms with Gasteiger partial charge in [0.25, 0.3) is 0 Å². The van der Waals surface area contributed by atoms with E-state index >= 15 is 0 Å². The second-order valence-electron chi connectivity index (χ2n) is 2.86. The maximum absolute atomic E-state index is 8.70. The molecule has 0 aromatic heterocycles. The molecule has 0 heterocycles. The van der Waals surface area contributed by atoms with E-state index < -0.39 is 0 Å². The molecule has 0 spiro atoms. The van der Waals surface area contributed by atoms with Crippen molar-refractivity contribution in [1.82, 2.24) is 0 Å². The third kappa shape index (κ3) is 0.641. The lowest BCUT2D eigenvalue weighted by Crippen LogP contribution is -1.89. The molecule has 0 amide bonds. The van der Waals surface area contributed by atoms with Gasteiger partial charge in [-0.2, -0.15) is 10.5 Å². The fourth-order valence-electron chi connectivity index (χ4n) is 1.79. The molecule has 2 heteroatoms. The van der Waals surface area contributed by atoms with Gasteiger partial charge >= 0.3 is 0 Å². The third-order valence-electron chi connectivity index (χ3n) is 2.34. The first-order chi connectivity index (χ1) is 5.36. The van der Waals surface area contributed by atoms with Crippen molar-refractivity contribution < 1.29 is 0 Å². The van der Waals surface area contributed by atoms with E-state index in [0.717, 1.165) is 19.3 Å². The summed E-state index contributed by atoms with van der Waals surface area (Å²) in [4.78, 5) is 0. The summed E-state index contributed by atoms with van der Waals surface area (Å²) in [6.45, 7) is 0. The normalized spacial score (nSPS) is 20.5. The fraction of sp³-hybridized carbons (Fsp3) is 0.333. The Morgan fingerprint density at radius 3 is 1.73 bits per heavy atom. The molecule has 2 aliphatic carbocycles. The first-order valence-electron chi connectivity index (χ1n) is 3.61. The highest BCUT2D eigenvalue weighted by Gasteiger charge is 2.29. The minimum Gasteiger partial charge on any atom is -0.192 e. The second-order valence-corrected chi connectivity index (χ2v) is 2.86. The van der Waals surface area contributed by atoms with Crippen molar-refractivity contribution in [2.24, 2.45) is 0 Å². The van der Waals surface area contributed by atoms with E-state index in [2.05, 4.69) is 12.1 Å². The number of fused-ring (bicyclic) bond motifs is 2. The third-order valence-corrected chi connectivity index (χ3v) is 2.34. The molecule has 0 unspecified atom stereocenters. The van der Waals surface area contributed by atoms with Gasteiger partial charge in [0.1, 0.15) is 12.1 Å². The van der Waals surface area contributed by atoms with Crippen molar-refractivity contribution in [3.05, 3.63) is 22.3 Å². The van der Waals surface area contributed by atoms with Crippen LogP contribution >= 0.6 is 0 Å². The molecule has 2 nitrogen and oxygen atoms in total. The van der Waals surface area contributed by atoms with Gasteiger partial charge in [0, 0.05) is 0 Å². The average Bonchev–Trinajstić information content (AvgIpc) is 2.60. The first kappa shape index (κ1) is 6.19. The van der Waals surface area contributed by atoms with E-state index in [9.17, 15) is 0 Å². The number of rotatable bonds is 0.